The second-order valence-electron chi connectivity index (χ2n) is 6.50. The lowest BCUT2D eigenvalue weighted by Gasteiger charge is -2.14. The molecule has 0 saturated heterocycles. The number of nitrogens with one attached hydrogen (secondary N) is 3. The lowest BCUT2D eigenvalue weighted by atomic mass is 10.2. The summed E-state index contributed by atoms with van der Waals surface area (Å²) in [7, 11) is 0.932. The van der Waals surface area contributed by atoms with Gasteiger partial charge in [-0.15, -0.1) is 0 Å². The molecule has 3 aromatic rings. The monoisotopic (exact) mass is 473 g/mol. The van der Waals surface area contributed by atoms with E-state index in [9.17, 15) is 8.42 Å². The van der Waals surface area contributed by atoms with E-state index in [1.54, 1.807) is 75.9 Å². The standard InChI is InChI=1S/C22H23N3O5S2/c1-28-17-8-4-16(5-9-17)25-32(26,27)19-11-6-15(7-12-19)23-22(31)24-20-13-10-18(29-2)14-21(20)30-3/h4-14,25H,1-3H3,(H2,23,24,31). The van der Waals surface area contributed by atoms with Crippen molar-refractivity contribution in [1.82, 2.24) is 0 Å². The summed E-state index contributed by atoms with van der Waals surface area (Å²) in [6.07, 6.45) is 0. The number of sulfonamides is 1. The minimum absolute atomic E-state index is 0.120. The average Bonchev–Trinajstić information content (AvgIpc) is 2.80. The van der Waals surface area contributed by atoms with Crippen LogP contribution in [0.25, 0.3) is 0 Å². The molecule has 3 rings (SSSR count). The van der Waals surface area contributed by atoms with E-state index in [0.717, 1.165) is 0 Å². The quantitative estimate of drug-likeness (QED) is 0.416. The van der Waals surface area contributed by atoms with Crippen molar-refractivity contribution in [3.05, 3.63) is 66.7 Å². The zero-order valence-corrected chi connectivity index (χ0v) is 19.3. The highest BCUT2D eigenvalue weighted by Crippen LogP contribution is 2.29. The molecule has 0 saturated carbocycles. The first-order valence-corrected chi connectivity index (χ1v) is 11.3. The minimum atomic E-state index is -3.74. The van der Waals surface area contributed by atoms with Gasteiger partial charge in [-0.1, -0.05) is 0 Å². The molecule has 0 aromatic heterocycles. The van der Waals surface area contributed by atoms with Crippen molar-refractivity contribution in [2.75, 3.05) is 36.7 Å². The van der Waals surface area contributed by atoms with Crippen LogP contribution >= 0.6 is 12.2 Å². The van der Waals surface area contributed by atoms with E-state index in [1.165, 1.54) is 12.1 Å². The number of hydrogen-bond acceptors (Lipinski definition) is 6. The third-order valence-electron chi connectivity index (χ3n) is 4.42. The Morgan fingerprint density at radius 2 is 1.34 bits per heavy atom. The zero-order chi connectivity index (χ0) is 23.1. The number of rotatable bonds is 8. The summed E-state index contributed by atoms with van der Waals surface area (Å²) < 4.78 is 43.4. The van der Waals surface area contributed by atoms with Gasteiger partial charge in [-0.3, -0.25) is 4.72 Å². The molecule has 0 aliphatic rings. The van der Waals surface area contributed by atoms with Gasteiger partial charge < -0.3 is 24.8 Å². The molecule has 0 unspecified atom stereocenters. The van der Waals surface area contributed by atoms with Crippen molar-refractivity contribution in [3.63, 3.8) is 0 Å². The van der Waals surface area contributed by atoms with Crippen molar-refractivity contribution in [2.24, 2.45) is 0 Å². The zero-order valence-electron chi connectivity index (χ0n) is 17.7. The Bertz CT molecular complexity index is 1180. The number of methoxy groups -OCH3 is 3. The minimum Gasteiger partial charge on any atom is -0.497 e. The molecule has 0 aliphatic heterocycles. The van der Waals surface area contributed by atoms with Gasteiger partial charge in [0.2, 0.25) is 0 Å². The van der Waals surface area contributed by atoms with Gasteiger partial charge in [0.1, 0.15) is 17.2 Å². The average molecular weight is 474 g/mol. The Hall–Kier alpha value is -3.50. The van der Waals surface area contributed by atoms with Gasteiger partial charge in [-0.2, -0.15) is 0 Å². The highest BCUT2D eigenvalue weighted by atomic mass is 32.2. The molecule has 0 fully saturated rings. The number of ether oxygens (including phenoxy) is 3. The van der Waals surface area contributed by atoms with Crippen LogP contribution in [0, 0.1) is 0 Å². The summed E-state index contributed by atoms with van der Waals surface area (Å²) in [5.41, 5.74) is 1.72. The smallest absolute Gasteiger partial charge is 0.261 e. The third-order valence-corrected chi connectivity index (χ3v) is 6.02. The van der Waals surface area contributed by atoms with Crippen LogP contribution in [0.4, 0.5) is 17.1 Å². The first-order chi connectivity index (χ1) is 15.3. The Kier molecular flexibility index (Phi) is 7.39. The number of benzene rings is 3. The fourth-order valence-corrected chi connectivity index (χ4v) is 4.06. The predicted molar refractivity (Wildman–Crippen MR) is 130 cm³/mol. The van der Waals surface area contributed by atoms with Gasteiger partial charge in [-0.05, 0) is 72.9 Å². The number of hydrogen-bond donors (Lipinski definition) is 3. The Balaban J connectivity index is 1.65. The van der Waals surface area contributed by atoms with E-state index in [-0.39, 0.29) is 4.90 Å². The normalized spacial score (nSPS) is 10.7. The summed E-state index contributed by atoms with van der Waals surface area (Å²) in [5.74, 6) is 1.87. The molecule has 0 radical (unpaired) electrons. The van der Waals surface area contributed by atoms with Crippen LogP contribution in [0.15, 0.2) is 71.6 Å². The lowest BCUT2D eigenvalue weighted by Crippen LogP contribution is -2.19. The van der Waals surface area contributed by atoms with E-state index in [2.05, 4.69) is 15.4 Å². The second kappa shape index (κ2) is 10.2. The summed E-state index contributed by atoms with van der Waals surface area (Å²) in [5, 5.41) is 6.38. The first-order valence-electron chi connectivity index (χ1n) is 9.41. The molecule has 8 nitrogen and oxygen atoms in total. The maximum atomic E-state index is 12.6. The molecule has 3 aromatic carbocycles. The van der Waals surface area contributed by atoms with Crippen molar-refractivity contribution < 1.29 is 22.6 Å². The molecule has 0 heterocycles. The fraction of sp³-hybridized carbons (Fsp3) is 0.136. The van der Waals surface area contributed by atoms with Gasteiger partial charge in [0.25, 0.3) is 10.0 Å². The van der Waals surface area contributed by atoms with Crippen LogP contribution in [0.5, 0.6) is 17.2 Å². The Labute approximate surface area is 192 Å². The molecule has 0 bridgehead atoms. The fourth-order valence-electron chi connectivity index (χ4n) is 2.78. The molecular formula is C22H23N3O5S2. The van der Waals surface area contributed by atoms with Gasteiger partial charge in [0.05, 0.1) is 31.9 Å². The van der Waals surface area contributed by atoms with Crippen LogP contribution in [0.1, 0.15) is 0 Å². The highest BCUT2D eigenvalue weighted by Gasteiger charge is 2.14. The molecule has 0 aliphatic carbocycles. The van der Waals surface area contributed by atoms with E-state index >= 15 is 0 Å². The van der Waals surface area contributed by atoms with Crippen LogP contribution < -0.4 is 29.6 Å². The topological polar surface area (TPSA) is 97.9 Å². The van der Waals surface area contributed by atoms with Crippen LogP contribution in [0.3, 0.4) is 0 Å². The second-order valence-corrected chi connectivity index (χ2v) is 8.59. The van der Waals surface area contributed by atoms with Crippen molar-refractivity contribution in [2.45, 2.75) is 4.90 Å². The molecule has 10 heteroatoms. The largest absolute Gasteiger partial charge is 0.497 e. The molecule has 168 valence electrons. The van der Waals surface area contributed by atoms with E-state index < -0.39 is 10.0 Å². The van der Waals surface area contributed by atoms with Gasteiger partial charge >= 0.3 is 0 Å². The highest BCUT2D eigenvalue weighted by molar-refractivity contribution is 7.92. The summed E-state index contributed by atoms with van der Waals surface area (Å²) >= 11 is 5.35. The van der Waals surface area contributed by atoms with E-state index in [4.69, 9.17) is 26.4 Å². The molecule has 32 heavy (non-hydrogen) atoms. The van der Waals surface area contributed by atoms with Gasteiger partial charge in [0, 0.05) is 17.4 Å². The van der Waals surface area contributed by atoms with Crippen LogP contribution in [0.2, 0.25) is 0 Å². The lowest BCUT2D eigenvalue weighted by molar-refractivity contribution is 0.395. The van der Waals surface area contributed by atoms with Crippen LogP contribution in [-0.2, 0) is 10.0 Å². The maximum Gasteiger partial charge on any atom is 0.261 e. The van der Waals surface area contributed by atoms with Crippen molar-refractivity contribution in [3.8, 4) is 17.2 Å². The third kappa shape index (κ3) is 5.80. The number of anilines is 3. The van der Waals surface area contributed by atoms with E-state index in [1.807, 2.05) is 0 Å². The summed E-state index contributed by atoms with van der Waals surface area (Å²) in [4.78, 5) is 0.120. The van der Waals surface area contributed by atoms with Crippen molar-refractivity contribution in [1.29, 1.82) is 0 Å². The summed E-state index contributed by atoms with van der Waals surface area (Å²) in [6, 6.07) is 18.1. The Morgan fingerprint density at radius 3 is 1.94 bits per heavy atom. The first kappa shape index (κ1) is 23.2. The molecule has 0 atom stereocenters. The SMILES string of the molecule is COc1ccc(NS(=O)(=O)c2ccc(NC(=S)Nc3ccc(OC)cc3OC)cc2)cc1. The molecule has 0 spiro atoms. The molecular weight excluding hydrogens is 450 g/mol. The predicted octanol–water partition coefficient (Wildman–Crippen LogP) is 4.32. The van der Waals surface area contributed by atoms with E-state index in [0.29, 0.717) is 39.4 Å². The molecule has 3 N–H and O–H groups in total. The molecule has 0 amide bonds. The summed E-state index contributed by atoms with van der Waals surface area (Å²) in [6.45, 7) is 0. The van der Waals surface area contributed by atoms with Crippen LogP contribution in [-0.4, -0.2) is 34.9 Å². The maximum absolute atomic E-state index is 12.6. The van der Waals surface area contributed by atoms with Crippen molar-refractivity contribution >= 4 is 44.4 Å². The van der Waals surface area contributed by atoms with Gasteiger partial charge in [-0.25, -0.2) is 8.42 Å². The number of thiocarbonyl (C=S) groups is 1. The van der Waals surface area contributed by atoms with Gasteiger partial charge in [0.15, 0.2) is 5.11 Å². The Morgan fingerprint density at radius 1 is 0.750 bits per heavy atom.